The van der Waals surface area contributed by atoms with Gasteiger partial charge in [-0.3, -0.25) is 9.97 Å². The first-order chi connectivity index (χ1) is 15.2. The van der Waals surface area contributed by atoms with Gasteiger partial charge in [-0.15, -0.1) is 0 Å². The zero-order chi connectivity index (χ0) is 21.6. The maximum Gasteiger partial charge on any atom is 0.170 e. The monoisotopic (exact) mass is 414 g/mol. The van der Waals surface area contributed by atoms with Gasteiger partial charge in [0.15, 0.2) is 11.4 Å². The van der Waals surface area contributed by atoms with E-state index in [2.05, 4.69) is 21.6 Å². The minimum atomic E-state index is -0.696. The Morgan fingerprint density at radius 2 is 1.68 bits per heavy atom. The summed E-state index contributed by atoms with van der Waals surface area (Å²) in [5.74, 6) is -0.0671. The quantitative estimate of drug-likeness (QED) is 0.457. The van der Waals surface area contributed by atoms with Gasteiger partial charge in [0.25, 0.3) is 0 Å². The predicted molar refractivity (Wildman–Crippen MR) is 117 cm³/mol. The third kappa shape index (κ3) is 4.23. The number of rotatable bonds is 8. The van der Waals surface area contributed by atoms with E-state index in [4.69, 9.17) is 4.74 Å². The van der Waals surface area contributed by atoms with Crippen LogP contribution in [0.2, 0.25) is 0 Å². The van der Waals surface area contributed by atoms with Crippen LogP contribution in [-0.4, -0.2) is 43.2 Å². The molecule has 4 rings (SSSR count). The van der Waals surface area contributed by atoms with E-state index in [1.165, 1.54) is 4.68 Å². The zero-order valence-electron chi connectivity index (χ0n) is 16.8. The molecule has 0 aliphatic heterocycles. The van der Waals surface area contributed by atoms with E-state index in [1.54, 1.807) is 24.5 Å². The molecule has 4 aromatic rings. The molecule has 0 aliphatic rings. The molecule has 3 heterocycles. The Labute approximate surface area is 179 Å². The molecule has 1 aromatic carbocycles. The summed E-state index contributed by atoms with van der Waals surface area (Å²) in [7, 11) is 0. The first-order valence-corrected chi connectivity index (χ1v) is 9.82. The fourth-order valence-corrected chi connectivity index (χ4v) is 3.31. The highest BCUT2D eigenvalue weighted by molar-refractivity contribution is 5.69. The van der Waals surface area contributed by atoms with Gasteiger partial charge in [-0.1, -0.05) is 49.0 Å². The normalized spacial score (nSPS) is 11.9. The second kappa shape index (κ2) is 9.34. The van der Waals surface area contributed by atoms with Crippen molar-refractivity contribution in [3.8, 4) is 17.1 Å². The molecule has 0 radical (unpaired) electrons. The summed E-state index contributed by atoms with van der Waals surface area (Å²) < 4.78 is 7.51. The lowest BCUT2D eigenvalue weighted by Crippen LogP contribution is -2.15. The number of pyridine rings is 2. The smallest absolute Gasteiger partial charge is 0.170 e. The van der Waals surface area contributed by atoms with Crippen LogP contribution in [0.25, 0.3) is 17.1 Å². The Kier molecular flexibility index (Phi) is 6.16. The van der Waals surface area contributed by atoms with E-state index in [9.17, 15) is 10.2 Å². The predicted octanol–water partition coefficient (Wildman–Crippen LogP) is 3.66. The highest BCUT2D eigenvalue weighted by Gasteiger charge is 2.29. The lowest BCUT2D eigenvalue weighted by Gasteiger charge is -2.20. The molecule has 0 fully saturated rings. The van der Waals surface area contributed by atoms with Gasteiger partial charge in [0.05, 0.1) is 30.3 Å². The van der Waals surface area contributed by atoms with Crippen molar-refractivity contribution < 1.29 is 14.9 Å². The minimum absolute atomic E-state index is 0.0671. The molecule has 2 N–H and O–H groups in total. The lowest BCUT2D eigenvalue weighted by atomic mass is 10.0. The summed E-state index contributed by atoms with van der Waals surface area (Å²) in [5, 5.41) is 25.3. The molecule has 0 spiro atoms. The summed E-state index contributed by atoms with van der Waals surface area (Å²) >= 11 is 0. The van der Waals surface area contributed by atoms with E-state index >= 15 is 0 Å². The molecular weight excluding hydrogens is 392 g/mol. The Morgan fingerprint density at radius 3 is 2.32 bits per heavy atom. The number of nitrogens with zero attached hydrogens (tertiary/aromatic N) is 4. The standard InChI is InChI=1S/C24H22N4O3/c1-17(19-11-5-7-13-25-19)28-22(23(30)21(27-28)20-12-6-8-14-26-20)24(31-16-15-29)18-9-3-2-4-10-18/h2-14,24,29-30H,1,15-16H2/t24-/m1/s1. The summed E-state index contributed by atoms with van der Waals surface area (Å²) in [6.07, 6.45) is 2.61. The maximum absolute atomic E-state index is 11.3. The van der Waals surface area contributed by atoms with Crippen LogP contribution in [-0.2, 0) is 4.74 Å². The topological polar surface area (TPSA) is 93.3 Å². The average molecular weight is 414 g/mol. The highest BCUT2D eigenvalue weighted by atomic mass is 16.5. The third-order valence-corrected chi connectivity index (χ3v) is 4.75. The average Bonchev–Trinajstić information content (AvgIpc) is 3.17. The molecule has 1 atom stereocenters. The van der Waals surface area contributed by atoms with E-state index in [0.717, 1.165) is 5.56 Å². The highest BCUT2D eigenvalue weighted by Crippen LogP contribution is 2.40. The number of ether oxygens (including phenoxy) is 1. The van der Waals surface area contributed by atoms with Gasteiger partial charge in [0.1, 0.15) is 11.8 Å². The Bertz CT molecular complexity index is 1150. The summed E-state index contributed by atoms with van der Waals surface area (Å²) in [6, 6.07) is 20.3. The number of hydrogen-bond donors (Lipinski definition) is 2. The number of aromatic hydroxyl groups is 1. The fraction of sp³-hybridized carbons (Fsp3) is 0.125. The second-order valence-electron chi connectivity index (χ2n) is 6.76. The molecule has 7 nitrogen and oxygen atoms in total. The van der Waals surface area contributed by atoms with Crippen molar-refractivity contribution in [1.29, 1.82) is 0 Å². The van der Waals surface area contributed by atoms with Crippen molar-refractivity contribution in [1.82, 2.24) is 19.7 Å². The number of aliphatic hydroxyl groups excluding tert-OH is 1. The van der Waals surface area contributed by atoms with Crippen LogP contribution < -0.4 is 0 Å². The molecule has 0 unspecified atom stereocenters. The molecular formula is C24H22N4O3. The lowest BCUT2D eigenvalue weighted by molar-refractivity contribution is 0.0456. The van der Waals surface area contributed by atoms with Gasteiger partial charge in [0.2, 0.25) is 0 Å². The van der Waals surface area contributed by atoms with Crippen molar-refractivity contribution in [3.05, 3.63) is 103 Å². The molecule has 0 saturated heterocycles. The van der Waals surface area contributed by atoms with E-state index in [-0.39, 0.29) is 19.0 Å². The van der Waals surface area contributed by atoms with E-state index in [0.29, 0.717) is 28.5 Å². The van der Waals surface area contributed by atoms with Crippen molar-refractivity contribution >= 4 is 5.70 Å². The van der Waals surface area contributed by atoms with Crippen LogP contribution >= 0.6 is 0 Å². The van der Waals surface area contributed by atoms with Crippen LogP contribution in [0, 0.1) is 0 Å². The number of benzene rings is 1. The van der Waals surface area contributed by atoms with Crippen molar-refractivity contribution in [3.63, 3.8) is 0 Å². The summed E-state index contributed by atoms with van der Waals surface area (Å²) in [5.41, 5.74) is 3.09. The molecule has 0 bridgehead atoms. The summed E-state index contributed by atoms with van der Waals surface area (Å²) in [6.45, 7) is 4.08. The fourth-order valence-electron chi connectivity index (χ4n) is 3.31. The van der Waals surface area contributed by atoms with Gasteiger partial charge < -0.3 is 14.9 Å². The van der Waals surface area contributed by atoms with Crippen LogP contribution in [0.1, 0.15) is 23.1 Å². The van der Waals surface area contributed by atoms with Crippen molar-refractivity contribution in [2.75, 3.05) is 13.2 Å². The Morgan fingerprint density at radius 1 is 0.968 bits per heavy atom. The zero-order valence-corrected chi connectivity index (χ0v) is 16.8. The van der Waals surface area contributed by atoms with Crippen LogP contribution in [0.5, 0.6) is 5.75 Å². The third-order valence-electron chi connectivity index (χ3n) is 4.75. The molecule has 0 aliphatic carbocycles. The van der Waals surface area contributed by atoms with Gasteiger partial charge >= 0.3 is 0 Å². The molecule has 31 heavy (non-hydrogen) atoms. The Balaban J connectivity index is 1.92. The molecule has 7 heteroatoms. The first kappa shape index (κ1) is 20.5. The molecule has 0 saturated carbocycles. The number of aromatic nitrogens is 4. The van der Waals surface area contributed by atoms with Crippen LogP contribution in [0.4, 0.5) is 0 Å². The van der Waals surface area contributed by atoms with E-state index in [1.807, 2.05) is 54.6 Å². The van der Waals surface area contributed by atoms with E-state index < -0.39 is 6.10 Å². The number of hydrogen-bond acceptors (Lipinski definition) is 6. The largest absolute Gasteiger partial charge is 0.504 e. The molecule has 156 valence electrons. The minimum Gasteiger partial charge on any atom is -0.504 e. The Hall–Kier alpha value is -3.81. The van der Waals surface area contributed by atoms with Gasteiger partial charge in [-0.2, -0.15) is 5.10 Å². The maximum atomic E-state index is 11.3. The van der Waals surface area contributed by atoms with Crippen molar-refractivity contribution in [2.24, 2.45) is 0 Å². The van der Waals surface area contributed by atoms with Gasteiger partial charge in [-0.05, 0) is 29.8 Å². The number of aliphatic hydroxyl groups is 1. The second-order valence-corrected chi connectivity index (χ2v) is 6.76. The molecule has 3 aromatic heterocycles. The SMILES string of the molecule is C=C(c1ccccn1)n1nc(-c2ccccn2)c(O)c1[C@H](OCCO)c1ccccc1. The van der Waals surface area contributed by atoms with Gasteiger partial charge in [0, 0.05) is 12.4 Å². The van der Waals surface area contributed by atoms with Crippen LogP contribution in [0.15, 0.2) is 85.7 Å². The van der Waals surface area contributed by atoms with Crippen molar-refractivity contribution in [2.45, 2.75) is 6.10 Å². The summed E-state index contributed by atoms with van der Waals surface area (Å²) in [4.78, 5) is 8.69. The first-order valence-electron chi connectivity index (χ1n) is 9.82. The van der Waals surface area contributed by atoms with Crippen LogP contribution in [0.3, 0.4) is 0 Å². The van der Waals surface area contributed by atoms with Gasteiger partial charge in [-0.25, -0.2) is 4.68 Å². The molecule has 0 amide bonds.